The third-order valence-electron chi connectivity index (χ3n) is 2.32. The standard InChI is InChI=1S/C11H14N2/c1-4-10-5-8(2)11-12-9(3)6-13(11)7-10/h5-7H,4H2,1-3H3. The molecule has 0 amide bonds. The van der Waals surface area contributed by atoms with Crippen molar-refractivity contribution in [2.75, 3.05) is 0 Å². The number of aromatic nitrogens is 2. The van der Waals surface area contributed by atoms with Crippen LogP contribution in [0.2, 0.25) is 0 Å². The van der Waals surface area contributed by atoms with Crippen LogP contribution in [-0.2, 0) is 6.42 Å². The fourth-order valence-electron chi connectivity index (χ4n) is 1.66. The van der Waals surface area contributed by atoms with E-state index in [1.807, 2.05) is 6.92 Å². The number of rotatable bonds is 1. The van der Waals surface area contributed by atoms with Gasteiger partial charge in [-0.25, -0.2) is 4.98 Å². The average molecular weight is 174 g/mol. The molecule has 2 heterocycles. The number of fused-ring (bicyclic) bond motifs is 1. The van der Waals surface area contributed by atoms with E-state index in [1.54, 1.807) is 0 Å². The second-order valence-electron chi connectivity index (χ2n) is 3.50. The van der Waals surface area contributed by atoms with E-state index in [2.05, 4.69) is 41.7 Å². The van der Waals surface area contributed by atoms with E-state index >= 15 is 0 Å². The molecule has 0 fully saturated rings. The molecule has 2 aromatic heterocycles. The second kappa shape index (κ2) is 2.87. The predicted octanol–water partition coefficient (Wildman–Crippen LogP) is 2.51. The topological polar surface area (TPSA) is 17.3 Å². The highest BCUT2D eigenvalue weighted by Gasteiger charge is 2.02. The molecule has 2 aromatic rings. The number of pyridine rings is 1. The first kappa shape index (κ1) is 8.30. The smallest absolute Gasteiger partial charge is 0.139 e. The lowest BCUT2D eigenvalue weighted by molar-refractivity contribution is 1.06. The van der Waals surface area contributed by atoms with E-state index in [4.69, 9.17) is 0 Å². The first-order valence-electron chi connectivity index (χ1n) is 4.65. The Kier molecular flexibility index (Phi) is 1.83. The number of hydrogen-bond donors (Lipinski definition) is 0. The summed E-state index contributed by atoms with van der Waals surface area (Å²) in [5, 5.41) is 0. The molecule has 0 unspecified atom stereocenters. The van der Waals surface area contributed by atoms with Crippen LogP contribution in [-0.4, -0.2) is 9.38 Å². The van der Waals surface area contributed by atoms with Gasteiger partial charge in [0.05, 0.1) is 5.69 Å². The average Bonchev–Trinajstić information content (AvgIpc) is 2.46. The lowest BCUT2D eigenvalue weighted by Gasteiger charge is -2.01. The third kappa shape index (κ3) is 1.32. The van der Waals surface area contributed by atoms with Gasteiger partial charge in [0.2, 0.25) is 0 Å². The molecule has 13 heavy (non-hydrogen) atoms. The van der Waals surface area contributed by atoms with Crippen LogP contribution in [0.15, 0.2) is 18.5 Å². The highest BCUT2D eigenvalue weighted by atomic mass is 15.0. The van der Waals surface area contributed by atoms with E-state index in [0.717, 1.165) is 17.8 Å². The third-order valence-corrected chi connectivity index (χ3v) is 2.32. The maximum Gasteiger partial charge on any atom is 0.139 e. The molecule has 0 aliphatic rings. The van der Waals surface area contributed by atoms with Gasteiger partial charge >= 0.3 is 0 Å². The zero-order chi connectivity index (χ0) is 9.42. The largest absolute Gasteiger partial charge is 0.306 e. The van der Waals surface area contributed by atoms with E-state index in [-0.39, 0.29) is 0 Å². The van der Waals surface area contributed by atoms with E-state index in [1.165, 1.54) is 11.1 Å². The molecular weight excluding hydrogens is 160 g/mol. The fourth-order valence-corrected chi connectivity index (χ4v) is 1.66. The molecule has 0 atom stereocenters. The zero-order valence-corrected chi connectivity index (χ0v) is 8.33. The number of aryl methyl sites for hydroxylation is 3. The molecule has 68 valence electrons. The van der Waals surface area contributed by atoms with Crippen molar-refractivity contribution in [3.8, 4) is 0 Å². The summed E-state index contributed by atoms with van der Waals surface area (Å²) < 4.78 is 2.11. The number of nitrogens with zero attached hydrogens (tertiary/aromatic N) is 2. The summed E-state index contributed by atoms with van der Waals surface area (Å²) in [4.78, 5) is 4.45. The van der Waals surface area contributed by atoms with Gasteiger partial charge in [0.15, 0.2) is 0 Å². The molecule has 0 saturated heterocycles. The Hall–Kier alpha value is -1.31. The van der Waals surface area contributed by atoms with Crippen molar-refractivity contribution in [1.29, 1.82) is 0 Å². The van der Waals surface area contributed by atoms with Crippen molar-refractivity contribution in [1.82, 2.24) is 9.38 Å². The molecule has 0 saturated carbocycles. The molecule has 2 heteroatoms. The van der Waals surface area contributed by atoms with Crippen LogP contribution in [0.1, 0.15) is 23.7 Å². The van der Waals surface area contributed by atoms with E-state index < -0.39 is 0 Å². The van der Waals surface area contributed by atoms with Crippen LogP contribution >= 0.6 is 0 Å². The van der Waals surface area contributed by atoms with Crippen molar-refractivity contribution in [3.05, 3.63) is 35.3 Å². The minimum absolute atomic E-state index is 1.08. The molecule has 0 radical (unpaired) electrons. The van der Waals surface area contributed by atoms with Crippen molar-refractivity contribution < 1.29 is 0 Å². The number of hydrogen-bond acceptors (Lipinski definition) is 1. The molecule has 0 bridgehead atoms. The van der Waals surface area contributed by atoms with Gasteiger partial charge in [0.25, 0.3) is 0 Å². The van der Waals surface area contributed by atoms with Gasteiger partial charge in [-0.05, 0) is 31.4 Å². The van der Waals surface area contributed by atoms with Crippen molar-refractivity contribution in [2.24, 2.45) is 0 Å². The van der Waals surface area contributed by atoms with Crippen LogP contribution in [0.3, 0.4) is 0 Å². The van der Waals surface area contributed by atoms with Crippen molar-refractivity contribution >= 4 is 5.65 Å². The van der Waals surface area contributed by atoms with Crippen LogP contribution in [0.25, 0.3) is 5.65 Å². The highest BCUT2D eigenvalue weighted by molar-refractivity contribution is 5.49. The second-order valence-corrected chi connectivity index (χ2v) is 3.50. The highest BCUT2D eigenvalue weighted by Crippen LogP contribution is 2.13. The maximum absolute atomic E-state index is 4.45. The Bertz CT molecular complexity index is 441. The van der Waals surface area contributed by atoms with Crippen LogP contribution in [0, 0.1) is 13.8 Å². The molecule has 0 N–H and O–H groups in total. The first-order chi connectivity index (χ1) is 6.20. The van der Waals surface area contributed by atoms with Crippen LogP contribution in [0.4, 0.5) is 0 Å². The molecular formula is C11H14N2. The summed E-state index contributed by atoms with van der Waals surface area (Å²) in [7, 11) is 0. The van der Waals surface area contributed by atoms with Gasteiger partial charge in [-0.1, -0.05) is 13.0 Å². The van der Waals surface area contributed by atoms with Gasteiger partial charge in [-0.3, -0.25) is 0 Å². The molecule has 0 aliphatic carbocycles. The summed E-state index contributed by atoms with van der Waals surface area (Å²) in [6.45, 7) is 6.31. The van der Waals surface area contributed by atoms with Gasteiger partial charge in [0, 0.05) is 12.4 Å². The SMILES string of the molecule is CCc1cc(C)c2nc(C)cn2c1. The molecule has 0 aromatic carbocycles. The normalized spacial score (nSPS) is 11.0. The molecule has 2 nitrogen and oxygen atoms in total. The van der Waals surface area contributed by atoms with E-state index in [0.29, 0.717) is 0 Å². The Morgan fingerprint density at radius 2 is 2.08 bits per heavy atom. The maximum atomic E-state index is 4.45. The number of imidazole rings is 1. The van der Waals surface area contributed by atoms with Gasteiger partial charge in [0.1, 0.15) is 5.65 Å². The van der Waals surface area contributed by atoms with Crippen molar-refractivity contribution in [2.45, 2.75) is 27.2 Å². The zero-order valence-electron chi connectivity index (χ0n) is 8.33. The summed E-state index contributed by atoms with van der Waals surface area (Å²) in [5.41, 5.74) is 4.78. The predicted molar refractivity (Wildman–Crippen MR) is 54.0 cm³/mol. The summed E-state index contributed by atoms with van der Waals surface area (Å²) in [5.74, 6) is 0. The quantitative estimate of drug-likeness (QED) is 0.649. The van der Waals surface area contributed by atoms with Crippen molar-refractivity contribution in [3.63, 3.8) is 0 Å². The molecule has 0 aliphatic heterocycles. The van der Waals surface area contributed by atoms with Crippen LogP contribution in [0.5, 0.6) is 0 Å². The lowest BCUT2D eigenvalue weighted by Crippen LogP contribution is -1.91. The molecule has 2 rings (SSSR count). The van der Waals surface area contributed by atoms with Gasteiger partial charge in [-0.15, -0.1) is 0 Å². The Morgan fingerprint density at radius 1 is 1.31 bits per heavy atom. The minimum atomic E-state index is 1.08. The van der Waals surface area contributed by atoms with Gasteiger partial charge in [-0.2, -0.15) is 0 Å². The lowest BCUT2D eigenvalue weighted by atomic mass is 10.2. The Labute approximate surface area is 78.2 Å². The van der Waals surface area contributed by atoms with E-state index in [9.17, 15) is 0 Å². The summed E-state index contributed by atoms with van der Waals surface area (Å²) >= 11 is 0. The minimum Gasteiger partial charge on any atom is -0.306 e. The summed E-state index contributed by atoms with van der Waals surface area (Å²) in [6, 6.07) is 2.21. The Balaban J connectivity index is 2.75. The van der Waals surface area contributed by atoms with Gasteiger partial charge < -0.3 is 4.40 Å². The fraction of sp³-hybridized carbons (Fsp3) is 0.364. The van der Waals surface area contributed by atoms with Crippen LogP contribution < -0.4 is 0 Å². The first-order valence-corrected chi connectivity index (χ1v) is 4.65. The molecule has 0 spiro atoms. The Morgan fingerprint density at radius 3 is 2.77 bits per heavy atom. The summed E-state index contributed by atoms with van der Waals surface area (Å²) in [6.07, 6.45) is 5.30. The monoisotopic (exact) mass is 174 g/mol.